The van der Waals surface area contributed by atoms with Crippen molar-refractivity contribution >= 4 is 11.3 Å². The van der Waals surface area contributed by atoms with Crippen molar-refractivity contribution in [3.8, 4) is 10.7 Å². The highest BCUT2D eigenvalue weighted by molar-refractivity contribution is 7.13. The van der Waals surface area contributed by atoms with Crippen molar-refractivity contribution < 1.29 is 8.91 Å². The Hall–Kier alpha value is -2.05. The van der Waals surface area contributed by atoms with Gasteiger partial charge >= 0.3 is 0 Å². The predicted octanol–water partition coefficient (Wildman–Crippen LogP) is 4.13. The first kappa shape index (κ1) is 14.9. The van der Waals surface area contributed by atoms with E-state index in [4.69, 9.17) is 4.52 Å². The van der Waals surface area contributed by atoms with Crippen molar-refractivity contribution in [2.45, 2.75) is 19.5 Å². The zero-order valence-electron chi connectivity index (χ0n) is 12.4. The van der Waals surface area contributed by atoms with Gasteiger partial charge in [0.25, 0.3) is 0 Å². The van der Waals surface area contributed by atoms with Crippen LogP contribution >= 0.6 is 11.3 Å². The molecule has 0 aliphatic heterocycles. The van der Waals surface area contributed by atoms with Gasteiger partial charge in [0.1, 0.15) is 5.82 Å². The number of halogens is 1. The second kappa shape index (κ2) is 6.37. The van der Waals surface area contributed by atoms with Crippen LogP contribution < -0.4 is 0 Å². The summed E-state index contributed by atoms with van der Waals surface area (Å²) in [6.07, 6.45) is 0. The van der Waals surface area contributed by atoms with Crippen LogP contribution in [-0.4, -0.2) is 22.1 Å². The van der Waals surface area contributed by atoms with Crippen LogP contribution in [0.5, 0.6) is 0 Å². The summed E-state index contributed by atoms with van der Waals surface area (Å²) in [5.74, 6) is 0.962. The Kier molecular flexibility index (Phi) is 4.31. The second-order valence-corrected chi connectivity index (χ2v) is 6.08. The Morgan fingerprint density at radius 2 is 2.05 bits per heavy atom. The molecule has 6 heteroatoms. The molecule has 4 nitrogen and oxygen atoms in total. The summed E-state index contributed by atoms with van der Waals surface area (Å²) in [5, 5.41) is 5.98. The van der Waals surface area contributed by atoms with Gasteiger partial charge in [-0.25, -0.2) is 4.39 Å². The minimum absolute atomic E-state index is 0.123. The molecule has 0 saturated carbocycles. The smallest absolute Gasteiger partial charge is 0.241 e. The van der Waals surface area contributed by atoms with Gasteiger partial charge in [-0.2, -0.15) is 4.98 Å². The van der Waals surface area contributed by atoms with Gasteiger partial charge in [0.05, 0.1) is 11.4 Å². The number of hydrogen-bond acceptors (Lipinski definition) is 5. The average molecular weight is 317 g/mol. The molecule has 0 aliphatic rings. The van der Waals surface area contributed by atoms with Gasteiger partial charge < -0.3 is 4.52 Å². The Morgan fingerprint density at radius 3 is 2.73 bits per heavy atom. The van der Waals surface area contributed by atoms with Gasteiger partial charge in [-0.05, 0) is 43.1 Å². The van der Waals surface area contributed by atoms with Crippen molar-refractivity contribution in [3.63, 3.8) is 0 Å². The highest BCUT2D eigenvalue weighted by atomic mass is 32.1. The molecule has 2 heterocycles. The highest BCUT2D eigenvalue weighted by Gasteiger charge is 2.16. The van der Waals surface area contributed by atoms with Gasteiger partial charge in [0.15, 0.2) is 0 Å². The molecule has 0 radical (unpaired) electrons. The lowest BCUT2D eigenvalue weighted by molar-refractivity contribution is 0.216. The molecule has 1 unspecified atom stereocenters. The van der Waals surface area contributed by atoms with Crippen molar-refractivity contribution in [3.05, 3.63) is 59.0 Å². The van der Waals surface area contributed by atoms with Gasteiger partial charge in [-0.15, -0.1) is 11.3 Å². The van der Waals surface area contributed by atoms with E-state index in [1.54, 1.807) is 23.5 Å². The van der Waals surface area contributed by atoms with Crippen LogP contribution in [0.1, 0.15) is 24.4 Å². The number of nitrogens with zero attached hydrogens (tertiary/aromatic N) is 3. The molecule has 0 amide bonds. The summed E-state index contributed by atoms with van der Waals surface area (Å²) in [4.78, 5) is 7.49. The standard InChI is InChI=1S/C16H16FN3OS/c1-11(12-5-7-13(17)8-6-12)20(2)10-15-18-16(19-21-15)14-4-3-9-22-14/h3-9,11H,10H2,1-2H3. The van der Waals surface area contributed by atoms with E-state index >= 15 is 0 Å². The molecule has 1 aromatic carbocycles. The van der Waals surface area contributed by atoms with Crippen molar-refractivity contribution in [1.82, 2.24) is 15.0 Å². The van der Waals surface area contributed by atoms with Gasteiger partial charge in [0.2, 0.25) is 11.7 Å². The van der Waals surface area contributed by atoms with E-state index < -0.39 is 0 Å². The Morgan fingerprint density at radius 1 is 1.27 bits per heavy atom. The van der Waals surface area contributed by atoms with Crippen LogP contribution in [0.2, 0.25) is 0 Å². The molecule has 3 aromatic rings. The lowest BCUT2D eigenvalue weighted by Gasteiger charge is -2.23. The molecular weight excluding hydrogens is 301 g/mol. The Bertz CT molecular complexity index is 724. The Labute approximate surface area is 132 Å². The molecule has 0 saturated heterocycles. The maximum Gasteiger partial charge on any atom is 0.241 e. The topological polar surface area (TPSA) is 42.2 Å². The molecule has 0 bridgehead atoms. The third-order valence-corrected chi connectivity index (χ3v) is 4.47. The fourth-order valence-electron chi connectivity index (χ4n) is 2.17. The quantitative estimate of drug-likeness (QED) is 0.709. The maximum atomic E-state index is 13.0. The van der Waals surface area contributed by atoms with Crippen LogP contribution in [0.15, 0.2) is 46.3 Å². The average Bonchev–Trinajstić information content (AvgIpc) is 3.18. The number of thiophene rings is 1. The molecular formula is C16H16FN3OS. The number of benzene rings is 1. The summed E-state index contributed by atoms with van der Waals surface area (Å²) >= 11 is 1.58. The molecule has 0 fully saturated rings. The zero-order valence-corrected chi connectivity index (χ0v) is 13.2. The molecule has 22 heavy (non-hydrogen) atoms. The molecule has 0 aliphatic carbocycles. The van der Waals surface area contributed by atoms with Crippen molar-refractivity contribution in [1.29, 1.82) is 0 Å². The van der Waals surface area contributed by atoms with E-state index in [9.17, 15) is 4.39 Å². The van der Waals surface area contributed by atoms with E-state index in [1.165, 1.54) is 12.1 Å². The first-order chi connectivity index (χ1) is 10.6. The predicted molar refractivity (Wildman–Crippen MR) is 83.9 cm³/mol. The first-order valence-electron chi connectivity index (χ1n) is 6.95. The number of hydrogen-bond donors (Lipinski definition) is 0. The summed E-state index contributed by atoms with van der Waals surface area (Å²) < 4.78 is 18.3. The molecule has 0 spiro atoms. The van der Waals surface area contributed by atoms with Gasteiger partial charge in [-0.1, -0.05) is 23.4 Å². The van der Waals surface area contributed by atoms with E-state index in [0.29, 0.717) is 18.3 Å². The van der Waals surface area contributed by atoms with Crippen molar-refractivity contribution in [2.75, 3.05) is 7.05 Å². The van der Waals surface area contributed by atoms with Crippen molar-refractivity contribution in [2.24, 2.45) is 0 Å². The highest BCUT2D eigenvalue weighted by Crippen LogP contribution is 2.23. The van der Waals surface area contributed by atoms with Crippen LogP contribution in [0, 0.1) is 5.82 Å². The molecule has 0 N–H and O–H groups in total. The fraction of sp³-hybridized carbons (Fsp3) is 0.250. The second-order valence-electron chi connectivity index (χ2n) is 5.13. The third-order valence-electron chi connectivity index (χ3n) is 3.61. The molecule has 1 atom stereocenters. The molecule has 3 rings (SSSR count). The Balaban J connectivity index is 1.68. The molecule has 114 valence electrons. The lowest BCUT2D eigenvalue weighted by atomic mass is 10.1. The van der Waals surface area contributed by atoms with E-state index in [2.05, 4.69) is 22.0 Å². The fourth-order valence-corrected chi connectivity index (χ4v) is 2.82. The monoisotopic (exact) mass is 317 g/mol. The largest absolute Gasteiger partial charge is 0.338 e. The van der Waals surface area contributed by atoms with Gasteiger partial charge in [0, 0.05) is 6.04 Å². The van der Waals surface area contributed by atoms with Gasteiger partial charge in [-0.3, -0.25) is 4.90 Å². The van der Waals surface area contributed by atoms with Crippen LogP contribution in [0.25, 0.3) is 10.7 Å². The zero-order chi connectivity index (χ0) is 15.5. The minimum atomic E-state index is -0.226. The normalized spacial score (nSPS) is 12.7. The summed E-state index contributed by atoms with van der Waals surface area (Å²) in [6, 6.07) is 10.6. The SMILES string of the molecule is CC(c1ccc(F)cc1)N(C)Cc1nc(-c2cccs2)no1. The van der Waals surface area contributed by atoms with Crippen LogP contribution in [0.4, 0.5) is 4.39 Å². The van der Waals surface area contributed by atoms with Crippen LogP contribution in [0.3, 0.4) is 0 Å². The maximum absolute atomic E-state index is 13.0. The molecule has 2 aromatic heterocycles. The minimum Gasteiger partial charge on any atom is -0.338 e. The van der Waals surface area contributed by atoms with Crippen LogP contribution in [-0.2, 0) is 6.54 Å². The first-order valence-corrected chi connectivity index (χ1v) is 7.83. The van der Waals surface area contributed by atoms with E-state index in [0.717, 1.165) is 10.4 Å². The van der Waals surface area contributed by atoms with E-state index in [-0.39, 0.29) is 11.9 Å². The third kappa shape index (κ3) is 3.23. The number of aromatic nitrogens is 2. The number of rotatable bonds is 5. The van der Waals surface area contributed by atoms with E-state index in [1.807, 2.05) is 24.6 Å². The summed E-state index contributed by atoms with van der Waals surface area (Å²) in [6.45, 7) is 2.60. The lowest BCUT2D eigenvalue weighted by Crippen LogP contribution is -2.22. The summed E-state index contributed by atoms with van der Waals surface area (Å²) in [7, 11) is 1.98. The summed E-state index contributed by atoms with van der Waals surface area (Å²) in [5.41, 5.74) is 1.04.